The van der Waals surface area contributed by atoms with Crippen molar-refractivity contribution in [1.82, 2.24) is 10.2 Å². The number of nitrogens with zero attached hydrogens (tertiary/aromatic N) is 1. The van der Waals surface area contributed by atoms with Crippen LogP contribution in [0.5, 0.6) is 0 Å². The van der Waals surface area contributed by atoms with E-state index >= 15 is 0 Å². The number of hydrogen-bond donors (Lipinski definition) is 1. The lowest BCUT2D eigenvalue weighted by Gasteiger charge is -2.29. The number of rotatable bonds is 9. The Morgan fingerprint density at radius 2 is 1.76 bits per heavy atom. The molecular weight excluding hydrogens is 360 g/mol. The molecule has 0 radical (unpaired) electrons. The van der Waals surface area contributed by atoms with Crippen molar-refractivity contribution < 1.29 is 9.59 Å². The Bertz CT molecular complexity index is 844. The van der Waals surface area contributed by atoms with Crippen LogP contribution in [-0.2, 0) is 22.6 Å². The predicted molar refractivity (Wildman–Crippen MR) is 119 cm³/mol. The van der Waals surface area contributed by atoms with Gasteiger partial charge >= 0.3 is 0 Å². The molecule has 2 rings (SSSR count). The molecule has 1 N–H and O–H groups in total. The smallest absolute Gasteiger partial charge is 0.242 e. The molecule has 0 aliphatic carbocycles. The summed E-state index contributed by atoms with van der Waals surface area (Å²) in [5.74, 6) is -0.132. The van der Waals surface area contributed by atoms with E-state index < -0.39 is 6.04 Å². The summed E-state index contributed by atoms with van der Waals surface area (Å²) in [5.41, 5.74) is 5.54. The molecule has 0 aromatic heterocycles. The van der Waals surface area contributed by atoms with Crippen molar-refractivity contribution in [3.63, 3.8) is 0 Å². The molecule has 2 aromatic carbocycles. The second-order valence-electron chi connectivity index (χ2n) is 7.93. The van der Waals surface area contributed by atoms with Crippen LogP contribution in [0.4, 0.5) is 0 Å². The number of aryl methyl sites for hydroxylation is 3. The number of unbranched alkanes of at least 4 members (excludes halogenated alkanes) is 1. The highest BCUT2D eigenvalue weighted by molar-refractivity contribution is 5.88. The van der Waals surface area contributed by atoms with Crippen LogP contribution >= 0.6 is 0 Å². The minimum Gasteiger partial charge on any atom is -0.354 e. The SMILES string of the molecule is CCCCNC(=O)[C@H](C)N(Cc1cccc(C)c1)C(=O)Cc1ccc(C)c(C)c1. The molecule has 4 nitrogen and oxygen atoms in total. The second-order valence-corrected chi connectivity index (χ2v) is 7.93. The monoisotopic (exact) mass is 394 g/mol. The summed E-state index contributed by atoms with van der Waals surface area (Å²) in [4.78, 5) is 27.6. The molecule has 2 aromatic rings. The molecule has 0 aliphatic heterocycles. The maximum absolute atomic E-state index is 13.2. The van der Waals surface area contributed by atoms with Crippen LogP contribution in [0.3, 0.4) is 0 Å². The molecule has 0 fully saturated rings. The molecule has 0 saturated heterocycles. The van der Waals surface area contributed by atoms with Crippen molar-refractivity contribution in [2.45, 2.75) is 66.5 Å². The average Bonchev–Trinajstić information content (AvgIpc) is 2.68. The van der Waals surface area contributed by atoms with E-state index in [1.54, 1.807) is 4.90 Å². The zero-order valence-electron chi connectivity index (χ0n) is 18.4. The first-order valence-corrected chi connectivity index (χ1v) is 10.5. The van der Waals surface area contributed by atoms with Crippen molar-refractivity contribution >= 4 is 11.8 Å². The summed E-state index contributed by atoms with van der Waals surface area (Å²) in [6.07, 6.45) is 2.25. The molecule has 0 heterocycles. The van der Waals surface area contributed by atoms with Gasteiger partial charge in [0, 0.05) is 13.1 Å². The van der Waals surface area contributed by atoms with Crippen LogP contribution in [0.2, 0.25) is 0 Å². The van der Waals surface area contributed by atoms with Gasteiger partial charge in [-0.25, -0.2) is 0 Å². The molecule has 0 spiro atoms. The van der Waals surface area contributed by atoms with Crippen LogP contribution in [-0.4, -0.2) is 29.3 Å². The minimum absolute atomic E-state index is 0.0344. The van der Waals surface area contributed by atoms with Gasteiger partial charge in [-0.15, -0.1) is 0 Å². The fraction of sp³-hybridized carbons (Fsp3) is 0.440. The lowest BCUT2D eigenvalue weighted by molar-refractivity contribution is -0.140. The molecule has 1 atom stereocenters. The lowest BCUT2D eigenvalue weighted by Crippen LogP contribution is -2.48. The van der Waals surface area contributed by atoms with Crippen molar-refractivity contribution in [1.29, 1.82) is 0 Å². The quantitative estimate of drug-likeness (QED) is 0.637. The standard InChI is InChI=1S/C25H34N2O2/c1-6-7-13-26-25(29)21(5)27(17-23-10-8-9-18(2)14-23)24(28)16-22-12-11-19(3)20(4)15-22/h8-12,14-15,21H,6-7,13,16-17H2,1-5H3,(H,26,29)/t21-/m0/s1. The number of amides is 2. The zero-order valence-corrected chi connectivity index (χ0v) is 18.4. The molecule has 0 aliphatic rings. The molecule has 0 saturated carbocycles. The third-order valence-electron chi connectivity index (χ3n) is 5.36. The first-order valence-electron chi connectivity index (χ1n) is 10.5. The van der Waals surface area contributed by atoms with Crippen LogP contribution < -0.4 is 5.32 Å². The van der Waals surface area contributed by atoms with Crippen molar-refractivity contribution in [2.24, 2.45) is 0 Å². The maximum atomic E-state index is 13.2. The highest BCUT2D eigenvalue weighted by Gasteiger charge is 2.26. The Labute approximate surface area is 175 Å². The van der Waals surface area contributed by atoms with Gasteiger partial charge in [0.2, 0.25) is 11.8 Å². The van der Waals surface area contributed by atoms with Gasteiger partial charge in [-0.2, -0.15) is 0 Å². The van der Waals surface area contributed by atoms with Crippen LogP contribution in [0.15, 0.2) is 42.5 Å². The first-order chi connectivity index (χ1) is 13.8. The lowest BCUT2D eigenvalue weighted by atomic mass is 10.0. The van der Waals surface area contributed by atoms with Gasteiger partial charge in [0.05, 0.1) is 6.42 Å². The normalized spacial score (nSPS) is 11.8. The zero-order chi connectivity index (χ0) is 21.4. The summed E-state index contributed by atoms with van der Waals surface area (Å²) in [7, 11) is 0. The Hall–Kier alpha value is -2.62. The minimum atomic E-state index is -0.522. The van der Waals surface area contributed by atoms with Crippen LogP contribution in [0.1, 0.15) is 54.5 Å². The Morgan fingerprint density at radius 3 is 2.41 bits per heavy atom. The van der Waals surface area contributed by atoms with E-state index in [1.165, 1.54) is 11.1 Å². The van der Waals surface area contributed by atoms with E-state index in [4.69, 9.17) is 0 Å². The van der Waals surface area contributed by atoms with Gasteiger partial charge in [-0.05, 0) is 56.4 Å². The van der Waals surface area contributed by atoms with Gasteiger partial charge in [0.25, 0.3) is 0 Å². The van der Waals surface area contributed by atoms with E-state index in [9.17, 15) is 9.59 Å². The highest BCUT2D eigenvalue weighted by Crippen LogP contribution is 2.15. The van der Waals surface area contributed by atoms with Crippen molar-refractivity contribution in [3.8, 4) is 0 Å². The Morgan fingerprint density at radius 1 is 1.00 bits per heavy atom. The van der Waals surface area contributed by atoms with Gasteiger partial charge < -0.3 is 10.2 Å². The molecule has 29 heavy (non-hydrogen) atoms. The predicted octanol–water partition coefficient (Wildman–Crippen LogP) is 4.49. The van der Waals surface area contributed by atoms with E-state index in [0.717, 1.165) is 29.5 Å². The summed E-state index contributed by atoms with van der Waals surface area (Å²) in [6, 6.07) is 13.7. The van der Waals surface area contributed by atoms with E-state index in [-0.39, 0.29) is 11.8 Å². The van der Waals surface area contributed by atoms with Crippen molar-refractivity contribution in [2.75, 3.05) is 6.54 Å². The number of nitrogens with one attached hydrogen (secondary N) is 1. The highest BCUT2D eigenvalue weighted by atomic mass is 16.2. The topological polar surface area (TPSA) is 49.4 Å². The molecule has 0 unspecified atom stereocenters. The number of benzene rings is 2. The van der Waals surface area contributed by atoms with Gasteiger partial charge in [-0.1, -0.05) is 61.4 Å². The molecule has 156 valence electrons. The number of carbonyl (C=O) groups is 2. The number of hydrogen-bond acceptors (Lipinski definition) is 2. The Balaban J connectivity index is 2.20. The van der Waals surface area contributed by atoms with Gasteiger partial charge in [0.1, 0.15) is 6.04 Å². The van der Waals surface area contributed by atoms with E-state index in [1.807, 2.05) is 44.2 Å². The molecule has 0 bridgehead atoms. The second kappa shape index (κ2) is 10.8. The fourth-order valence-electron chi connectivity index (χ4n) is 3.32. The molecule has 4 heteroatoms. The fourth-order valence-corrected chi connectivity index (χ4v) is 3.32. The molecule has 2 amide bonds. The van der Waals surface area contributed by atoms with Crippen LogP contribution in [0, 0.1) is 20.8 Å². The summed E-state index contributed by atoms with van der Waals surface area (Å²) in [6.45, 7) is 11.1. The Kier molecular flexibility index (Phi) is 8.44. The first kappa shape index (κ1) is 22.7. The maximum Gasteiger partial charge on any atom is 0.242 e. The third kappa shape index (κ3) is 6.74. The summed E-state index contributed by atoms with van der Waals surface area (Å²) in [5, 5.41) is 2.96. The van der Waals surface area contributed by atoms with Gasteiger partial charge in [0.15, 0.2) is 0 Å². The van der Waals surface area contributed by atoms with Gasteiger partial charge in [-0.3, -0.25) is 9.59 Å². The molecular formula is C25H34N2O2. The largest absolute Gasteiger partial charge is 0.354 e. The summed E-state index contributed by atoms with van der Waals surface area (Å²) < 4.78 is 0. The summed E-state index contributed by atoms with van der Waals surface area (Å²) >= 11 is 0. The van der Waals surface area contributed by atoms with E-state index in [2.05, 4.69) is 38.2 Å². The van der Waals surface area contributed by atoms with E-state index in [0.29, 0.717) is 19.5 Å². The average molecular weight is 395 g/mol. The third-order valence-corrected chi connectivity index (χ3v) is 5.36. The van der Waals surface area contributed by atoms with Crippen LogP contribution in [0.25, 0.3) is 0 Å². The number of carbonyl (C=O) groups excluding carboxylic acids is 2. The van der Waals surface area contributed by atoms with Crippen molar-refractivity contribution in [3.05, 3.63) is 70.3 Å².